The van der Waals surface area contributed by atoms with Gasteiger partial charge in [-0.2, -0.15) is 0 Å². The third-order valence-electron chi connectivity index (χ3n) is 7.45. The minimum atomic E-state index is -0.270. The summed E-state index contributed by atoms with van der Waals surface area (Å²) in [6.07, 6.45) is 11.9. The van der Waals surface area contributed by atoms with Gasteiger partial charge in [0.05, 0.1) is 0 Å². The molecule has 1 saturated heterocycles. The molecule has 3 aliphatic heterocycles. The van der Waals surface area contributed by atoms with E-state index >= 15 is 4.39 Å². The molecule has 1 fully saturated rings. The van der Waals surface area contributed by atoms with E-state index in [1.54, 1.807) is 6.92 Å². The number of amidine groups is 1. The van der Waals surface area contributed by atoms with E-state index in [0.29, 0.717) is 17.7 Å². The first kappa shape index (κ1) is 29.9. The normalized spacial score (nSPS) is 22.5. The predicted molar refractivity (Wildman–Crippen MR) is 159 cm³/mol. The molecule has 6 nitrogen and oxygen atoms in total. The second-order valence-electron chi connectivity index (χ2n) is 11.4. The van der Waals surface area contributed by atoms with Crippen molar-refractivity contribution in [2.24, 2.45) is 11.0 Å². The molecule has 0 amide bonds. The number of likely N-dealkylation sites (tertiary alicyclic amines) is 1. The molecule has 0 radical (unpaired) electrons. The van der Waals surface area contributed by atoms with Gasteiger partial charge in [0, 0.05) is 42.6 Å². The van der Waals surface area contributed by atoms with Crippen LogP contribution >= 0.6 is 0 Å². The third kappa shape index (κ3) is 7.70. The maximum absolute atomic E-state index is 15.2. The lowest BCUT2D eigenvalue weighted by molar-refractivity contribution is 0.201. The number of nitrogens with zero attached hydrogens (tertiary/aromatic N) is 4. The average molecular weight is 525 g/mol. The average Bonchev–Trinajstić information content (AvgIpc) is 3.65. The van der Waals surface area contributed by atoms with Gasteiger partial charge < -0.3 is 10.2 Å². The van der Waals surface area contributed by atoms with Gasteiger partial charge in [0.25, 0.3) is 0 Å². The predicted octanol–water partition coefficient (Wildman–Crippen LogP) is 6.03. The van der Waals surface area contributed by atoms with Gasteiger partial charge in [-0.25, -0.2) is 9.40 Å². The molecular formula is C31H49FN6. The van der Waals surface area contributed by atoms with E-state index in [2.05, 4.69) is 79.0 Å². The second-order valence-corrected chi connectivity index (χ2v) is 11.4. The van der Waals surface area contributed by atoms with Crippen molar-refractivity contribution in [3.8, 4) is 0 Å². The summed E-state index contributed by atoms with van der Waals surface area (Å²) >= 11 is 0. The second kappa shape index (κ2) is 13.4. The first-order chi connectivity index (χ1) is 18.0. The van der Waals surface area contributed by atoms with Gasteiger partial charge in [0.1, 0.15) is 5.83 Å². The summed E-state index contributed by atoms with van der Waals surface area (Å²) in [6.45, 7) is 25.1. The lowest BCUT2D eigenvalue weighted by atomic mass is 9.99. The van der Waals surface area contributed by atoms with Gasteiger partial charge in [-0.05, 0) is 109 Å². The Bertz CT molecular complexity index is 1030. The quantitative estimate of drug-likeness (QED) is 0.323. The Kier molecular flexibility index (Phi) is 10.6. The molecule has 3 rings (SSSR count). The van der Waals surface area contributed by atoms with E-state index in [0.717, 1.165) is 41.7 Å². The van der Waals surface area contributed by atoms with Gasteiger partial charge in [-0.3, -0.25) is 10.2 Å². The molecule has 210 valence electrons. The van der Waals surface area contributed by atoms with E-state index in [1.165, 1.54) is 37.6 Å². The Balaban J connectivity index is 1.73. The van der Waals surface area contributed by atoms with E-state index in [1.807, 2.05) is 31.0 Å². The molecule has 0 aliphatic carbocycles. The third-order valence-corrected chi connectivity index (χ3v) is 7.45. The summed E-state index contributed by atoms with van der Waals surface area (Å²) in [5.41, 5.74) is 4.65. The smallest absolute Gasteiger partial charge is 0.177 e. The minimum absolute atomic E-state index is 0.130. The van der Waals surface area contributed by atoms with Crippen molar-refractivity contribution in [1.29, 1.82) is 0 Å². The van der Waals surface area contributed by atoms with Crippen LogP contribution in [0.15, 0.2) is 76.0 Å². The van der Waals surface area contributed by atoms with Crippen LogP contribution in [0.5, 0.6) is 0 Å². The zero-order valence-electron chi connectivity index (χ0n) is 24.8. The fourth-order valence-corrected chi connectivity index (χ4v) is 5.28. The minimum Gasteiger partial charge on any atom is -0.366 e. The van der Waals surface area contributed by atoms with Gasteiger partial charge in [0.15, 0.2) is 12.1 Å². The van der Waals surface area contributed by atoms with Crippen molar-refractivity contribution in [1.82, 2.24) is 25.4 Å². The Hall–Kier alpha value is -2.64. The molecule has 1 unspecified atom stereocenters. The summed E-state index contributed by atoms with van der Waals surface area (Å²) < 4.78 is 15.2. The SMILES string of the molecule is C=C(C)/C(=C\C(=CC)C(=C/C1=NN1C1NC=C(CN2CCC(C)CC2)CN1)/C(F)=C\C)N(C(C)C)C(C)C. The zero-order valence-corrected chi connectivity index (χ0v) is 24.8. The van der Waals surface area contributed by atoms with Crippen molar-refractivity contribution < 1.29 is 4.39 Å². The largest absolute Gasteiger partial charge is 0.366 e. The standard InChI is InChI=1S/C31H49FN6/c1-10-26(16-29(21(3)4)37(22(5)6)23(7)8)27(28(32)11-2)17-30-35-38(30)31-33-18-25(19-34-31)20-36-14-12-24(9)13-15-36/h10-11,16-18,22-24,31,33-34H,3,12-15,19-20H2,1-2,4-9H3/b26-10?,27-17-,28-11+,29-16+. The molecular weight excluding hydrogens is 475 g/mol. The summed E-state index contributed by atoms with van der Waals surface area (Å²) in [6, 6.07) is 0.580. The molecule has 0 spiro atoms. The van der Waals surface area contributed by atoms with Gasteiger partial charge in [0.2, 0.25) is 0 Å². The van der Waals surface area contributed by atoms with Crippen LogP contribution in [0, 0.1) is 5.92 Å². The lowest BCUT2D eigenvalue weighted by Crippen LogP contribution is -2.52. The van der Waals surface area contributed by atoms with Crippen LogP contribution in [-0.4, -0.2) is 65.2 Å². The number of nitrogens with one attached hydrogen (secondary N) is 2. The highest BCUT2D eigenvalue weighted by Crippen LogP contribution is 2.30. The molecule has 0 aromatic heterocycles. The van der Waals surface area contributed by atoms with E-state index in [9.17, 15) is 0 Å². The fraction of sp³-hybridized carbons (Fsp3) is 0.581. The van der Waals surface area contributed by atoms with Crippen LogP contribution in [0.25, 0.3) is 0 Å². The van der Waals surface area contributed by atoms with Crippen LogP contribution in [0.4, 0.5) is 4.39 Å². The van der Waals surface area contributed by atoms with Gasteiger partial charge >= 0.3 is 0 Å². The summed E-state index contributed by atoms with van der Waals surface area (Å²) in [7, 11) is 0. The molecule has 3 aliphatic rings. The number of hydrogen-bond donors (Lipinski definition) is 2. The molecule has 0 aromatic rings. The van der Waals surface area contributed by atoms with Gasteiger partial charge in [-0.1, -0.05) is 25.7 Å². The maximum atomic E-state index is 15.2. The zero-order chi connectivity index (χ0) is 28.0. The number of hydrogen-bond acceptors (Lipinski definition) is 6. The molecule has 0 aromatic carbocycles. The van der Waals surface area contributed by atoms with Gasteiger partial charge in [-0.15, -0.1) is 5.10 Å². The van der Waals surface area contributed by atoms with Crippen LogP contribution in [0.1, 0.15) is 68.2 Å². The highest BCUT2D eigenvalue weighted by molar-refractivity contribution is 6.02. The number of hydrazone groups is 1. The Labute approximate surface area is 230 Å². The van der Waals surface area contributed by atoms with Crippen LogP contribution in [-0.2, 0) is 0 Å². The van der Waals surface area contributed by atoms with Crippen LogP contribution in [0.3, 0.4) is 0 Å². The Morgan fingerprint density at radius 3 is 2.34 bits per heavy atom. The monoisotopic (exact) mass is 524 g/mol. The number of halogens is 1. The summed E-state index contributed by atoms with van der Waals surface area (Å²) in [5, 5.41) is 13.4. The van der Waals surface area contributed by atoms with Crippen LogP contribution in [0.2, 0.25) is 0 Å². The topological polar surface area (TPSA) is 45.9 Å². The van der Waals surface area contributed by atoms with E-state index in [-0.39, 0.29) is 12.1 Å². The van der Waals surface area contributed by atoms with Crippen LogP contribution < -0.4 is 10.6 Å². The lowest BCUT2D eigenvalue weighted by Gasteiger charge is -2.36. The van der Waals surface area contributed by atoms with E-state index in [4.69, 9.17) is 0 Å². The Morgan fingerprint density at radius 2 is 1.84 bits per heavy atom. The summed E-state index contributed by atoms with van der Waals surface area (Å²) in [4.78, 5) is 4.86. The summed E-state index contributed by atoms with van der Waals surface area (Å²) in [5.74, 6) is 1.32. The number of allylic oxidation sites excluding steroid dienone is 7. The molecule has 7 heteroatoms. The van der Waals surface area contributed by atoms with E-state index < -0.39 is 0 Å². The first-order valence-electron chi connectivity index (χ1n) is 14.2. The molecule has 0 bridgehead atoms. The number of piperidine rings is 1. The molecule has 0 saturated carbocycles. The molecule has 38 heavy (non-hydrogen) atoms. The highest BCUT2D eigenvalue weighted by atomic mass is 19.1. The highest BCUT2D eigenvalue weighted by Gasteiger charge is 2.33. The van der Waals surface area contributed by atoms with Crippen molar-refractivity contribution in [3.05, 3.63) is 70.9 Å². The first-order valence-corrected chi connectivity index (χ1v) is 14.2. The van der Waals surface area contributed by atoms with Crippen molar-refractivity contribution in [3.63, 3.8) is 0 Å². The number of rotatable bonds is 11. The maximum Gasteiger partial charge on any atom is 0.177 e. The van der Waals surface area contributed by atoms with Crippen molar-refractivity contribution in [2.45, 2.75) is 86.6 Å². The molecule has 1 atom stereocenters. The molecule has 3 heterocycles. The molecule has 2 N–H and O–H groups in total. The Morgan fingerprint density at radius 1 is 1.18 bits per heavy atom. The fourth-order valence-electron chi connectivity index (χ4n) is 5.28. The van der Waals surface area contributed by atoms with Crippen molar-refractivity contribution >= 4 is 5.84 Å². The van der Waals surface area contributed by atoms with Crippen molar-refractivity contribution in [2.75, 3.05) is 26.2 Å².